The Labute approximate surface area is 239 Å². The second kappa shape index (κ2) is 16.1. The maximum absolute atomic E-state index is 14.9. The van der Waals surface area contributed by atoms with E-state index in [0.717, 1.165) is 74.2 Å². The van der Waals surface area contributed by atoms with E-state index in [0.29, 0.717) is 23.5 Å². The molecule has 0 nitrogen and oxygen atoms in total. The van der Waals surface area contributed by atoms with Gasteiger partial charge in [0.2, 0.25) is 0 Å². The summed E-state index contributed by atoms with van der Waals surface area (Å²) in [4.78, 5) is 0. The third kappa shape index (κ3) is 9.02. The Balaban J connectivity index is 1.15. The molecule has 4 rings (SSSR count). The summed E-state index contributed by atoms with van der Waals surface area (Å²) >= 11 is 0. The molecule has 0 radical (unpaired) electrons. The van der Waals surface area contributed by atoms with Gasteiger partial charge < -0.3 is 0 Å². The van der Waals surface area contributed by atoms with Crippen LogP contribution < -0.4 is 0 Å². The monoisotopic (exact) mass is 538 g/mol. The Morgan fingerprint density at radius 2 is 1.41 bits per heavy atom. The third-order valence-electron chi connectivity index (χ3n) is 10.6. The molecular formula is C37H56F2. The average Bonchev–Trinajstić information content (AvgIpc) is 2.97. The second-order valence-corrected chi connectivity index (χ2v) is 13.3. The lowest BCUT2D eigenvalue weighted by molar-refractivity contribution is 0.141. The molecule has 2 fully saturated rings. The van der Waals surface area contributed by atoms with Gasteiger partial charge in [0.15, 0.2) is 11.6 Å². The van der Waals surface area contributed by atoms with Gasteiger partial charge in [-0.1, -0.05) is 82.7 Å². The molecule has 1 aromatic carbocycles. The van der Waals surface area contributed by atoms with Crippen LogP contribution in [0.3, 0.4) is 0 Å². The van der Waals surface area contributed by atoms with Crippen LogP contribution in [0, 0.1) is 41.2 Å². The largest absolute Gasteiger partial charge is 0.203 e. The van der Waals surface area contributed by atoms with Crippen molar-refractivity contribution in [2.45, 2.75) is 142 Å². The van der Waals surface area contributed by atoms with Gasteiger partial charge in [-0.05, 0) is 131 Å². The lowest BCUT2D eigenvalue weighted by Crippen LogP contribution is -2.26. The summed E-state index contributed by atoms with van der Waals surface area (Å²) in [7, 11) is 0. The van der Waals surface area contributed by atoms with Gasteiger partial charge in [-0.15, -0.1) is 0 Å². The Morgan fingerprint density at radius 1 is 0.718 bits per heavy atom. The van der Waals surface area contributed by atoms with Crippen LogP contribution in [0.25, 0.3) is 5.57 Å². The fourth-order valence-corrected chi connectivity index (χ4v) is 7.94. The number of hydrogen-bond donors (Lipinski definition) is 0. The van der Waals surface area contributed by atoms with Crippen LogP contribution >= 0.6 is 0 Å². The predicted molar refractivity (Wildman–Crippen MR) is 164 cm³/mol. The predicted octanol–water partition coefficient (Wildman–Crippen LogP) is 12.0. The lowest BCUT2D eigenvalue weighted by Gasteiger charge is -2.38. The Bertz CT molecular complexity index is 912. The van der Waals surface area contributed by atoms with Gasteiger partial charge in [-0.2, -0.15) is 0 Å². The molecule has 1 aromatic rings. The maximum atomic E-state index is 14.9. The summed E-state index contributed by atoms with van der Waals surface area (Å²) in [5.74, 6) is 3.34. The molecule has 0 spiro atoms. The number of benzene rings is 1. The van der Waals surface area contributed by atoms with E-state index in [2.05, 4.69) is 32.1 Å². The van der Waals surface area contributed by atoms with Crippen LogP contribution in [0.4, 0.5) is 8.78 Å². The van der Waals surface area contributed by atoms with Crippen molar-refractivity contribution in [1.82, 2.24) is 0 Å². The first kappa shape index (κ1) is 30.5. The molecule has 0 aromatic heterocycles. The number of allylic oxidation sites excluding steroid dienone is 4. The fraction of sp³-hybridized carbons (Fsp3) is 0.730. The molecule has 0 bridgehead atoms. The van der Waals surface area contributed by atoms with Crippen LogP contribution in [0.1, 0.15) is 147 Å². The molecular weight excluding hydrogens is 482 g/mol. The number of hydrogen-bond acceptors (Lipinski definition) is 0. The molecule has 0 amide bonds. The van der Waals surface area contributed by atoms with Crippen LogP contribution in [-0.2, 0) is 6.42 Å². The SMILES string of the molecule is CCC=CCC1CCC(C2CCC(CCC3CC=C(c4ccc(CCCCCC)c(F)c4F)CC3)CC2)CC1. The van der Waals surface area contributed by atoms with Crippen LogP contribution in [0.2, 0.25) is 0 Å². The molecule has 39 heavy (non-hydrogen) atoms. The van der Waals surface area contributed by atoms with E-state index in [1.165, 1.54) is 77.0 Å². The molecule has 0 heterocycles. The molecule has 2 saturated carbocycles. The summed E-state index contributed by atoms with van der Waals surface area (Å²) in [5, 5.41) is 0. The molecule has 2 heteroatoms. The van der Waals surface area contributed by atoms with Crippen molar-refractivity contribution in [1.29, 1.82) is 0 Å². The molecule has 0 N–H and O–H groups in total. The standard InChI is InChI=1S/C37H56F2/c1-3-5-7-9-11-34-26-27-35(37(39)36(34)38)33-24-18-30(19-25-33)13-12-29-16-22-32(23-17-29)31-20-14-28(15-21-31)10-8-6-4-2/h6,8,24,26-32H,3-5,7,9-23,25H2,1-2H3. The lowest BCUT2D eigenvalue weighted by atomic mass is 9.68. The third-order valence-corrected chi connectivity index (χ3v) is 10.6. The van der Waals surface area contributed by atoms with Crippen molar-refractivity contribution in [2.75, 3.05) is 0 Å². The van der Waals surface area contributed by atoms with Gasteiger partial charge in [-0.3, -0.25) is 0 Å². The van der Waals surface area contributed by atoms with Gasteiger partial charge in [-0.25, -0.2) is 8.78 Å². The molecule has 0 aliphatic heterocycles. The molecule has 1 unspecified atom stereocenters. The van der Waals surface area contributed by atoms with E-state index in [-0.39, 0.29) is 0 Å². The van der Waals surface area contributed by atoms with E-state index >= 15 is 0 Å². The van der Waals surface area contributed by atoms with E-state index in [1.807, 2.05) is 12.1 Å². The summed E-state index contributed by atoms with van der Waals surface area (Å²) in [5.41, 5.74) is 2.08. The second-order valence-electron chi connectivity index (χ2n) is 13.3. The van der Waals surface area contributed by atoms with E-state index in [9.17, 15) is 8.78 Å². The number of rotatable bonds is 13. The van der Waals surface area contributed by atoms with Gasteiger partial charge in [0.1, 0.15) is 0 Å². The van der Waals surface area contributed by atoms with Crippen LogP contribution in [0.5, 0.6) is 0 Å². The highest BCUT2D eigenvalue weighted by molar-refractivity contribution is 5.67. The quantitative estimate of drug-likeness (QED) is 0.173. The summed E-state index contributed by atoms with van der Waals surface area (Å²) in [6, 6.07) is 3.67. The summed E-state index contributed by atoms with van der Waals surface area (Å²) in [6.45, 7) is 4.40. The highest BCUT2D eigenvalue weighted by Gasteiger charge is 2.31. The van der Waals surface area contributed by atoms with E-state index in [1.54, 1.807) is 0 Å². The Kier molecular flexibility index (Phi) is 12.6. The zero-order valence-corrected chi connectivity index (χ0v) is 25.2. The Morgan fingerprint density at radius 3 is 2.05 bits per heavy atom. The first-order valence-electron chi connectivity index (χ1n) is 16.9. The average molecular weight is 539 g/mol. The smallest absolute Gasteiger partial charge is 0.166 e. The maximum Gasteiger partial charge on any atom is 0.166 e. The normalized spacial score (nSPS) is 28.1. The number of aryl methyl sites for hydroxylation is 1. The molecule has 0 saturated heterocycles. The minimum Gasteiger partial charge on any atom is -0.203 e. The highest BCUT2D eigenvalue weighted by Crippen LogP contribution is 2.44. The van der Waals surface area contributed by atoms with Gasteiger partial charge in [0.25, 0.3) is 0 Å². The zero-order chi connectivity index (χ0) is 27.5. The van der Waals surface area contributed by atoms with Crippen molar-refractivity contribution < 1.29 is 8.78 Å². The van der Waals surface area contributed by atoms with E-state index in [4.69, 9.17) is 0 Å². The Hall–Kier alpha value is -1.44. The van der Waals surface area contributed by atoms with Crippen LogP contribution in [0.15, 0.2) is 30.4 Å². The van der Waals surface area contributed by atoms with Crippen molar-refractivity contribution in [3.8, 4) is 0 Å². The number of unbranched alkanes of at least 4 members (excludes halogenated alkanes) is 3. The molecule has 1 atom stereocenters. The van der Waals surface area contributed by atoms with Crippen molar-refractivity contribution in [3.63, 3.8) is 0 Å². The fourth-order valence-electron chi connectivity index (χ4n) is 7.94. The molecule has 3 aliphatic rings. The number of halogens is 2. The topological polar surface area (TPSA) is 0 Å². The van der Waals surface area contributed by atoms with Crippen LogP contribution in [-0.4, -0.2) is 0 Å². The summed E-state index contributed by atoms with van der Waals surface area (Å²) < 4.78 is 29.7. The van der Waals surface area contributed by atoms with Gasteiger partial charge >= 0.3 is 0 Å². The molecule has 218 valence electrons. The summed E-state index contributed by atoms with van der Waals surface area (Å²) in [6.07, 6.45) is 31.8. The van der Waals surface area contributed by atoms with Gasteiger partial charge in [0, 0.05) is 5.56 Å². The van der Waals surface area contributed by atoms with Crippen molar-refractivity contribution in [3.05, 3.63) is 53.1 Å². The first-order valence-corrected chi connectivity index (χ1v) is 16.9. The first-order chi connectivity index (χ1) is 19.1. The van der Waals surface area contributed by atoms with E-state index < -0.39 is 11.6 Å². The van der Waals surface area contributed by atoms with Crippen molar-refractivity contribution >= 4 is 5.57 Å². The van der Waals surface area contributed by atoms with Crippen molar-refractivity contribution in [2.24, 2.45) is 29.6 Å². The molecule has 3 aliphatic carbocycles. The zero-order valence-electron chi connectivity index (χ0n) is 25.2. The van der Waals surface area contributed by atoms with Gasteiger partial charge in [0.05, 0.1) is 0 Å². The minimum atomic E-state index is -0.619. The minimum absolute atomic E-state index is 0.507. The highest BCUT2D eigenvalue weighted by atomic mass is 19.2.